The summed E-state index contributed by atoms with van der Waals surface area (Å²) in [5.41, 5.74) is 1.66. The summed E-state index contributed by atoms with van der Waals surface area (Å²) < 4.78 is 51.9. The second kappa shape index (κ2) is 16.7. The van der Waals surface area contributed by atoms with Crippen molar-refractivity contribution in [1.29, 1.82) is 0 Å². The summed E-state index contributed by atoms with van der Waals surface area (Å²) in [6.07, 6.45) is 0.197. The third-order valence-electron chi connectivity index (χ3n) is 7.77. The van der Waals surface area contributed by atoms with Crippen LogP contribution in [0.1, 0.15) is 25.0 Å². The van der Waals surface area contributed by atoms with E-state index in [4.69, 9.17) is 18.9 Å². The van der Waals surface area contributed by atoms with E-state index in [0.29, 0.717) is 11.5 Å². The van der Waals surface area contributed by atoms with E-state index in [1.165, 1.54) is 57.6 Å². The predicted molar refractivity (Wildman–Crippen MR) is 188 cm³/mol. The molecule has 4 rings (SSSR count). The van der Waals surface area contributed by atoms with Crippen LogP contribution in [0.3, 0.4) is 0 Å². The van der Waals surface area contributed by atoms with E-state index in [1.807, 2.05) is 74.5 Å². The first-order valence-electron chi connectivity index (χ1n) is 15.7. The number of ether oxygens (including phenoxy) is 4. The number of sulfonamides is 1. The summed E-state index contributed by atoms with van der Waals surface area (Å²) >= 11 is 0. The maximum atomic E-state index is 14.7. The molecule has 0 aromatic heterocycles. The summed E-state index contributed by atoms with van der Waals surface area (Å²) in [6.45, 7) is 3.05. The molecule has 2 amide bonds. The average Bonchev–Trinajstić information content (AvgIpc) is 3.11. The Morgan fingerprint density at radius 3 is 1.88 bits per heavy atom. The molecule has 0 unspecified atom stereocenters. The van der Waals surface area contributed by atoms with Crippen LogP contribution >= 0.6 is 0 Å². The molecule has 0 fully saturated rings. The number of methoxy groups -OCH3 is 4. The van der Waals surface area contributed by atoms with Gasteiger partial charge in [0.25, 0.3) is 10.0 Å². The zero-order valence-electron chi connectivity index (χ0n) is 28.6. The lowest BCUT2D eigenvalue weighted by Gasteiger charge is -2.34. The number of carbonyl (C=O) groups is 2. The second-order valence-corrected chi connectivity index (χ2v) is 13.3. The van der Waals surface area contributed by atoms with Gasteiger partial charge in [-0.1, -0.05) is 60.7 Å². The van der Waals surface area contributed by atoms with Crippen molar-refractivity contribution >= 4 is 27.5 Å². The SMILES string of the molecule is COc1ccc(OC)c(N(CC(=O)N(Cc2ccccc2)[C@@H](Cc2ccccc2)C(=O)NC(C)C)S(=O)(=O)c2ccc(OC)c(OC)c2)c1. The molecule has 49 heavy (non-hydrogen) atoms. The van der Waals surface area contributed by atoms with Crippen molar-refractivity contribution in [1.82, 2.24) is 10.2 Å². The van der Waals surface area contributed by atoms with Crippen LogP contribution in [0.15, 0.2) is 102 Å². The largest absolute Gasteiger partial charge is 0.497 e. The Labute approximate surface area is 288 Å². The summed E-state index contributed by atoms with van der Waals surface area (Å²) in [4.78, 5) is 29.9. The maximum absolute atomic E-state index is 14.7. The van der Waals surface area contributed by atoms with E-state index in [9.17, 15) is 18.0 Å². The molecule has 1 N–H and O–H groups in total. The van der Waals surface area contributed by atoms with Gasteiger partial charge in [-0.25, -0.2) is 8.42 Å². The maximum Gasteiger partial charge on any atom is 0.265 e. The zero-order valence-corrected chi connectivity index (χ0v) is 29.4. The molecule has 0 aliphatic rings. The normalized spacial score (nSPS) is 11.7. The smallest absolute Gasteiger partial charge is 0.265 e. The molecule has 4 aromatic rings. The number of benzene rings is 4. The van der Waals surface area contributed by atoms with Gasteiger partial charge in [-0.05, 0) is 49.2 Å². The molecule has 4 aromatic carbocycles. The van der Waals surface area contributed by atoms with Crippen molar-refractivity contribution in [3.8, 4) is 23.0 Å². The van der Waals surface area contributed by atoms with E-state index in [2.05, 4.69) is 5.32 Å². The van der Waals surface area contributed by atoms with E-state index >= 15 is 0 Å². The van der Waals surface area contributed by atoms with E-state index < -0.39 is 28.5 Å². The van der Waals surface area contributed by atoms with E-state index in [1.54, 1.807) is 12.1 Å². The minimum absolute atomic E-state index is 0.0438. The minimum Gasteiger partial charge on any atom is -0.497 e. The van der Waals surface area contributed by atoms with Crippen LogP contribution in [-0.4, -0.2) is 72.2 Å². The molecule has 0 aliphatic heterocycles. The van der Waals surface area contributed by atoms with Crippen LogP contribution in [-0.2, 0) is 32.6 Å². The molecule has 11 nitrogen and oxygen atoms in total. The van der Waals surface area contributed by atoms with Crippen molar-refractivity contribution in [2.75, 3.05) is 39.3 Å². The van der Waals surface area contributed by atoms with Gasteiger partial charge in [0.05, 0.1) is 39.0 Å². The fourth-order valence-electron chi connectivity index (χ4n) is 5.32. The number of hydrogen-bond acceptors (Lipinski definition) is 8. The third-order valence-corrected chi connectivity index (χ3v) is 9.53. The number of nitrogens with zero attached hydrogens (tertiary/aromatic N) is 2. The average molecular weight is 690 g/mol. The standard InChI is InChI=1S/C37H43N3O8S/c1-26(2)38-37(42)32(21-27-13-9-7-10-14-27)39(24-28-15-11-8-12-16-28)36(41)25-40(31-22-29(45-3)17-19-33(31)46-4)49(43,44)30-18-20-34(47-5)35(23-30)48-6/h7-20,22-23,26,32H,21,24-25H2,1-6H3,(H,38,42)/t32-/m0/s1. The highest BCUT2D eigenvalue weighted by Gasteiger charge is 2.36. The summed E-state index contributed by atoms with van der Waals surface area (Å²) in [7, 11) is 1.22. The predicted octanol–water partition coefficient (Wildman–Crippen LogP) is 5.08. The van der Waals surface area contributed by atoms with Gasteiger partial charge in [-0.3, -0.25) is 13.9 Å². The van der Waals surface area contributed by atoms with Crippen LogP contribution in [0.5, 0.6) is 23.0 Å². The lowest BCUT2D eigenvalue weighted by Crippen LogP contribution is -2.54. The number of nitrogens with one attached hydrogen (secondary N) is 1. The van der Waals surface area contributed by atoms with Gasteiger partial charge in [-0.2, -0.15) is 0 Å². The first kappa shape index (κ1) is 36.6. The fraction of sp³-hybridized carbons (Fsp3) is 0.297. The van der Waals surface area contributed by atoms with Crippen molar-refractivity contribution in [2.45, 2.75) is 43.8 Å². The molecule has 0 radical (unpaired) electrons. The third kappa shape index (κ3) is 9.02. The number of rotatable bonds is 16. The number of anilines is 1. The van der Waals surface area contributed by atoms with Crippen molar-refractivity contribution in [3.63, 3.8) is 0 Å². The molecule has 0 spiro atoms. The Hall–Kier alpha value is -5.23. The monoisotopic (exact) mass is 689 g/mol. The van der Waals surface area contributed by atoms with Crippen molar-refractivity contribution in [2.24, 2.45) is 0 Å². The molecule has 0 bridgehead atoms. The summed E-state index contributed by atoms with van der Waals surface area (Å²) in [5, 5.41) is 2.96. The van der Waals surface area contributed by atoms with Gasteiger partial charge in [0, 0.05) is 31.1 Å². The topological polar surface area (TPSA) is 124 Å². The molecule has 0 saturated heterocycles. The van der Waals surface area contributed by atoms with E-state index in [-0.39, 0.29) is 47.0 Å². The number of carbonyl (C=O) groups excluding carboxylic acids is 2. The Morgan fingerprint density at radius 2 is 1.31 bits per heavy atom. The quantitative estimate of drug-likeness (QED) is 0.173. The lowest BCUT2D eigenvalue weighted by atomic mass is 10.0. The Bertz CT molecular complexity index is 1820. The zero-order chi connectivity index (χ0) is 35.6. The molecular weight excluding hydrogens is 646 g/mol. The minimum atomic E-state index is -4.48. The number of hydrogen-bond donors (Lipinski definition) is 1. The molecule has 0 saturated carbocycles. The second-order valence-electron chi connectivity index (χ2n) is 11.4. The molecule has 1 atom stereocenters. The summed E-state index contributed by atoms with van der Waals surface area (Å²) in [6, 6.07) is 26.3. The molecule has 0 heterocycles. The van der Waals surface area contributed by atoms with Gasteiger partial charge in [-0.15, -0.1) is 0 Å². The first-order valence-corrected chi connectivity index (χ1v) is 17.1. The highest BCUT2D eigenvalue weighted by molar-refractivity contribution is 7.92. The number of amides is 2. The fourth-order valence-corrected chi connectivity index (χ4v) is 6.76. The highest BCUT2D eigenvalue weighted by Crippen LogP contribution is 2.38. The Morgan fingerprint density at radius 1 is 0.714 bits per heavy atom. The van der Waals surface area contributed by atoms with Crippen LogP contribution in [0.25, 0.3) is 0 Å². The van der Waals surface area contributed by atoms with Crippen molar-refractivity contribution < 1.29 is 37.0 Å². The van der Waals surface area contributed by atoms with Crippen LogP contribution < -0.4 is 28.6 Å². The lowest BCUT2D eigenvalue weighted by molar-refractivity contribution is -0.140. The Balaban J connectivity index is 1.89. The molecule has 0 aliphatic carbocycles. The van der Waals surface area contributed by atoms with E-state index in [0.717, 1.165) is 15.4 Å². The Kier molecular flexibility index (Phi) is 12.5. The van der Waals surface area contributed by atoms with Gasteiger partial charge in [0.15, 0.2) is 11.5 Å². The molecule has 12 heteroatoms. The highest BCUT2D eigenvalue weighted by atomic mass is 32.2. The first-order chi connectivity index (χ1) is 23.5. The van der Waals surface area contributed by atoms with Crippen LogP contribution in [0, 0.1) is 0 Å². The van der Waals surface area contributed by atoms with Gasteiger partial charge >= 0.3 is 0 Å². The molecule has 260 valence electrons. The van der Waals surface area contributed by atoms with Crippen LogP contribution in [0.4, 0.5) is 5.69 Å². The van der Waals surface area contributed by atoms with Crippen LogP contribution in [0.2, 0.25) is 0 Å². The van der Waals surface area contributed by atoms with Gasteiger partial charge in [0.2, 0.25) is 11.8 Å². The van der Waals surface area contributed by atoms with Gasteiger partial charge in [0.1, 0.15) is 24.1 Å². The van der Waals surface area contributed by atoms with Crippen molar-refractivity contribution in [3.05, 3.63) is 108 Å². The van der Waals surface area contributed by atoms with Gasteiger partial charge < -0.3 is 29.2 Å². The molecular formula is C37H43N3O8S. The summed E-state index contributed by atoms with van der Waals surface area (Å²) in [5.74, 6) is 0.0678.